The van der Waals surface area contributed by atoms with Crippen LogP contribution in [-0.2, 0) is 13.2 Å². The molecule has 0 amide bonds. The van der Waals surface area contributed by atoms with Gasteiger partial charge in [0.05, 0.1) is 18.8 Å². The molecule has 1 N–H and O–H groups in total. The quantitative estimate of drug-likeness (QED) is 0.806. The Kier molecular flexibility index (Phi) is 3.93. The van der Waals surface area contributed by atoms with Crippen molar-refractivity contribution in [3.63, 3.8) is 0 Å². The molecule has 0 aliphatic rings. The van der Waals surface area contributed by atoms with E-state index in [9.17, 15) is 13.9 Å². The predicted molar refractivity (Wildman–Crippen MR) is 76.8 cm³/mol. The van der Waals surface area contributed by atoms with Gasteiger partial charge in [-0.05, 0) is 30.3 Å². The van der Waals surface area contributed by atoms with Gasteiger partial charge >= 0.3 is 0 Å². The monoisotopic (exact) mass is 301 g/mol. The van der Waals surface area contributed by atoms with E-state index in [4.69, 9.17) is 0 Å². The topological polar surface area (TPSA) is 50.9 Å². The van der Waals surface area contributed by atoms with Crippen molar-refractivity contribution in [2.45, 2.75) is 13.2 Å². The Morgan fingerprint density at radius 1 is 1.00 bits per heavy atom. The second-order valence-corrected chi connectivity index (χ2v) is 4.80. The lowest BCUT2D eigenvalue weighted by Gasteiger charge is -2.08. The van der Waals surface area contributed by atoms with Gasteiger partial charge in [0, 0.05) is 11.1 Å². The summed E-state index contributed by atoms with van der Waals surface area (Å²) in [6.45, 7) is -0.129. The molecule has 3 rings (SSSR count). The molecule has 112 valence electrons. The average molecular weight is 301 g/mol. The molecule has 0 atom stereocenters. The normalized spacial score (nSPS) is 10.9. The molecule has 22 heavy (non-hydrogen) atoms. The van der Waals surface area contributed by atoms with Gasteiger partial charge in [0.1, 0.15) is 17.3 Å². The summed E-state index contributed by atoms with van der Waals surface area (Å²) in [5.74, 6) is -0.698. The van der Waals surface area contributed by atoms with Crippen LogP contribution in [0.25, 0.3) is 11.3 Å². The zero-order chi connectivity index (χ0) is 15.5. The third-order valence-electron chi connectivity index (χ3n) is 3.35. The molecule has 0 radical (unpaired) electrons. The second-order valence-electron chi connectivity index (χ2n) is 4.80. The predicted octanol–water partition coefficient (Wildman–Crippen LogP) is 2.76. The van der Waals surface area contributed by atoms with Gasteiger partial charge in [-0.25, -0.2) is 13.5 Å². The van der Waals surface area contributed by atoms with Gasteiger partial charge in [0.25, 0.3) is 0 Å². The van der Waals surface area contributed by atoms with E-state index >= 15 is 0 Å². The van der Waals surface area contributed by atoms with Crippen LogP contribution < -0.4 is 0 Å². The fourth-order valence-corrected chi connectivity index (χ4v) is 2.28. The number of rotatable bonds is 4. The van der Waals surface area contributed by atoms with Gasteiger partial charge in [-0.3, -0.25) is 0 Å². The summed E-state index contributed by atoms with van der Waals surface area (Å²) in [5.41, 5.74) is 2.03. The summed E-state index contributed by atoms with van der Waals surface area (Å²) in [5, 5.41) is 17.3. The van der Waals surface area contributed by atoms with Gasteiger partial charge in [-0.2, -0.15) is 0 Å². The Bertz CT molecular complexity index is 784. The standard InChI is InChI=1S/C16H13F2N3O/c17-13-7-5-11(6-8-13)16-15(10-22)19-20-21(16)9-12-3-1-2-4-14(12)18/h1-8,22H,9-10H2. The van der Waals surface area contributed by atoms with Crippen molar-refractivity contribution in [2.75, 3.05) is 0 Å². The number of hydrogen-bond donors (Lipinski definition) is 1. The Hall–Kier alpha value is -2.60. The van der Waals surface area contributed by atoms with Gasteiger partial charge in [-0.1, -0.05) is 23.4 Å². The molecule has 0 unspecified atom stereocenters. The Labute approximate surface area is 125 Å². The first-order valence-electron chi connectivity index (χ1n) is 6.71. The highest BCUT2D eigenvalue weighted by molar-refractivity contribution is 5.61. The van der Waals surface area contributed by atoms with E-state index in [-0.39, 0.29) is 24.8 Å². The number of aromatic nitrogens is 3. The molecular weight excluding hydrogens is 288 g/mol. The van der Waals surface area contributed by atoms with Crippen molar-refractivity contribution in [1.82, 2.24) is 15.0 Å². The van der Waals surface area contributed by atoms with E-state index in [0.717, 1.165) is 0 Å². The summed E-state index contributed by atoms with van der Waals surface area (Å²) >= 11 is 0. The summed E-state index contributed by atoms with van der Waals surface area (Å²) in [4.78, 5) is 0. The highest BCUT2D eigenvalue weighted by Gasteiger charge is 2.15. The fraction of sp³-hybridized carbons (Fsp3) is 0.125. The number of aliphatic hydroxyl groups excluding tert-OH is 1. The Balaban J connectivity index is 2.04. The van der Waals surface area contributed by atoms with Crippen LogP contribution in [-0.4, -0.2) is 20.1 Å². The summed E-state index contributed by atoms with van der Waals surface area (Å²) in [6, 6.07) is 12.2. The van der Waals surface area contributed by atoms with Crippen molar-refractivity contribution >= 4 is 0 Å². The van der Waals surface area contributed by atoms with Gasteiger partial charge in [-0.15, -0.1) is 5.10 Å². The highest BCUT2D eigenvalue weighted by atomic mass is 19.1. The molecule has 0 aliphatic heterocycles. The average Bonchev–Trinajstić information content (AvgIpc) is 2.93. The molecule has 6 heteroatoms. The minimum absolute atomic E-state index is 0.173. The van der Waals surface area contributed by atoms with Crippen LogP contribution in [0.4, 0.5) is 8.78 Å². The summed E-state index contributed by atoms with van der Waals surface area (Å²) in [7, 11) is 0. The van der Waals surface area contributed by atoms with Crippen LogP contribution >= 0.6 is 0 Å². The Morgan fingerprint density at radius 2 is 1.73 bits per heavy atom. The second kappa shape index (κ2) is 6.03. The maximum Gasteiger partial charge on any atom is 0.128 e. The molecule has 0 fully saturated rings. The lowest BCUT2D eigenvalue weighted by molar-refractivity contribution is 0.277. The third-order valence-corrected chi connectivity index (χ3v) is 3.35. The summed E-state index contributed by atoms with van der Waals surface area (Å²) < 4.78 is 28.4. The van der Waals surface area contributed by atoms with Crippen molar-refractivity contribution < 1.29 is 13.9 Å². The van der Waals surface area contributed by atoms with Crippen molar-refractivity contribution in [1.29, 1.82) is 0 Å². The molecular formula is C16H13F2N3O. The van der Waals surface area contributed by atoms with Gasteiger partial charge < -0.3 is 5.11 Å². The maximum atomic E-state index is 13.8. The van der Waals surface area contributed by atoms with Crippen molar-refractivity contribution in [3.8, 4) is 11.3 Å². The van der Waals surface area contributed by atoms with E-state index < -0.39 is 0 Å². The zero-order valence-electron chi connectivity index (χ0n) is 11.6. The fourth-order valence-electron chi connectivity index (χ4n) is 2.28. The molecule has 0 aliphatic carbocycles. The van der Waals surface area contributed by atoms with Crippen LogP contribution in [0.5, 0.6) is 0 Å². The first-order valence-corrected chi connectivity index (χ1v) is 6.71. The van der Waals surface area contributed by atoms with Crippen LogP contribution in [0.1, 0.15) is 11.3 Å². The van der Waals surface area contributed by atoms with Crippen LogP contribution in [0, 0.1) is 11.6 Å². The van der Waals surface area contributed by atoms with E-state index in [1.807, 2.05) is 0 Å². The van der Waals surface area contributed by atoms with Crippen molar-refractivity contribution in [3.05, 3.63) is 71.4 Å². The van der Waals surface area contributed by atoms with E-state index in [2.05, 4.69) is 10.3 Å². The molecule has 0 bridgehead atoms. The lowest BCUT2D eigenvalue weighted by Crippen LogP contribution is -2.06. The largest absolute Gasteiger partial charge is 0.390 e. The first-order chi connectivity index (χ1) is 10.7. The molecule has 0 saturated heterocycles. The number of aliphatic hydroxyl groups is 1. The van der Waals surface area contributed by atoms with E-state index in [1.54, 1.807) is 30.3 Å². The summed E-state index contributed by atoms with van der Waals surface area (Å²) in [6.07, 6.45) is 0. The molecule has 4 nitrogen and oxygen atoms in total. The zero-order valence-corrected chi connectivity index (χ0v) is 11.6. The third kappa shape index (κ3) is 2.73. The van der Waals surface area contributed by atoms with E-state index in [0.29, 0.717) is 22.5 Å². The molecule has 2 aromatic carbocycles. The van der Waals surface area contributed by atoms with Crippen molar-refractivity contribution in [2.24, 2.45) is 0 Å². The van der Waals surface area contributed by atoms with Crippen LogP contribution in [0.2, 0.25) is 0 Å². The minimum Gasteiger partial charge on any atom is -0.390 e. The molecule has 3 aromatic rings. The number of halogens is 2. The lowest BCUT2D eigenvalue weighted by atomic mass is 10.1. The smallest absolute Gasteiger partial charge is 0.128 e. The SMILES string of the molecule is OCc1nnn(Cc2ccccc2F)c1-c1ccc(F)cc1. The Morgan fingerprint density at radius 3 is 2.41 bits per heavy atom. The highest BCUT2D eigenvalue weighted by Crippen LogP contribution is 2.24. The molecule has 0 spiro atoms. The number of nitrogens with zero attached hydrogens (tertiary/aromatic N) is 3. The van der Waals surface area contributed by atoms with Gasteiger partial charge in [0.15, 0.2) is 0 Å². The molecule has 0 saturated carbocycles. The van der Waals surface area contributed by atoms with E-state index in [1.165, 1.54) is 22.9 Å². The van der Waals surface area contributed by atoms with Gasteiger partial charge in [0.2, 0.25) is 0 Å². The first kappa shape index (κ1) is 14.3. The van der Waals surface area contributed by atoms with Crippen LogP contribution in [0.3, 0.4) is 0 Å². The number of benzene rings is 2. The number of hydrogen-bond acceptors (Lipinski definition) is 3. The molecule has 1 aromatic heterocycles. The minimum atomic E-state index is -0.359. The molecule has 1 heterocycles. The maximum absolute atomic E-state index is 13.8. The van der Waals surface area contributed by atoms with Crippen LogP contribution in [0.15, 0.2) is 48.5 Å².